The highest BCUT2D eigenvalue weighted by molar-refractivity contribution is 5.69. The number of benzene rings is 1. The summed E-state index contributed by atoms with van der Waals surface area (Å²) in [6.07, 6.45) is 6.13. The lowest BCUT2D eigenvalue weighted by Gasteiger charge is -2.60. The Morgan fingerprint density at radius 3 is 2.78 bits per heavy atom. The van der Waals surface area contributed by atoms with Gasteiger partial charge in [0.15, 0.2) is 6.29 Å². The van der Waals surface area contributed by atoms with Crippen LogP contribution in [0.4, 0.5) is 0 Å². The molecule has 1 aromatic rings. The van der Waals surface area contributed by atoms with Gasteiger partial charge in [-0.15, -0.1) is 0 Å². The van der Waals surface area contributed by atoms with E-state index in [1.807, 2.05) is 18.2 Å². The van der Waals surface area contributed by atoms with Crippen molar-refractivity contribution in [3.05, 3.63) is 29.8 Å². The number of hydrogen-bond acceptors (Lipinski definition) is 4. The number of esters is 1. The van der Waals surface area contributed by atoms with E-state index in [2.05, 4.69) is 20.8 Å². The van der Waals surface area contributed by atoms with Gasteiger partial charge in [-0.3, -0.25) is 4.79 Å². The highest BCUT2D eigenvalue weighted by Gasteiger charge is 2.56. The Kier molecular flexibility index (Phi) is 4.84. The molecule has 1 aliphatic heterocycles. The first kappa shape index (κ1) is 18.9. The van der Waals surface area contributed by atoms with Crippen molar-refractivity contribution in [3.8, 4) is 5.75 Å². The summed E-state index contributed by atoms with van der Waals surface area (Å²) >= 11 is 0. The molecular weight excluding hydrogens is 340 g/mol. The zero-order valence-electron chi connectivity index (χ0n) is 17.0. The minimum Gasteiger partial charge on any atom is -0.427 e. The summed E-state index contributed by atoms with van der Waals surface area (Å²) in [6.45, 7) is 9.53. The lowest BCUT2D eigenvalue weighted by molar-refractivity contribution is -0.285. The first-order valence-electron chi connectivity index (χ1n) is 10.3. The third-order valence-electron chi connectivity index (χ3n) is 7.43. The molecule has 3 aliphatic rings. The summed E-state index contributed by atoms with van der Waals surface area (Å²) in [5, 5.41) is 0. The zero-order chi connectivity index (χ0) is 19.2. The molecule has 0 radical (unpaired) electrons. The van der Waals surface area contributed by atoms with Crippen LogP contribution in [0.5, 0.6) is 5.75 Å². The van der Waals surface area contributed by atoms with Gasteiger partial charge in [0.05, 0.1) is 12.7 Å². The quantitative estimate of drug-likeness (QED) is 0.524. The number of carbonyl (C=O) groups is 1. The average Bonchev–Trinajstić information content (AvgIpc) is 2.60. The predicted octanol–water partition coefficient (Wildman–Crippen LogP) is 5.27. The molecule has 5 atom stereocenters. The van der Waals surface area contributed by atoms with Gasteiger partial charge in [-0.05, 0) is 54.6 Å². The van der Waals surface area contributed by atoms with Crippen LogP contribution in [0.1, 0.15) is 71.7 Å². The molecule has 2 aliphatic carbocycles. The van der Waals surface area contributed by atoms with E-state index in [4.69, 9.17) is 14.2 Å². The van der Waals surface area contributed by atoms with Crippen LogP contribution in [0.3, 0.4) is 0 Å². The summed E-state index contributed by atoms with van der Waals surface area (Å²) < 4.78 is 17.9. The molecule has 1 saturated heterocycles. The van der Waals surface area contributed by atoms with E-state index in [-0.39, 0.29) is 18.4 Å². The Labute approximate surface area is 162 Å². The first-order chi connectivity index (χ1) is 12.8. The summed E-state index contributed by atoms with van der Waals surface area (Å²) in [5.74, 6) is 1.43. The standard InChI is InChI=1S/C23H32O4/c1-15(24)26-17-8-5-7-16(13-17)21-25-14-18-19(27-21)9-10-20-22(2,3)11-6-12-23(18,20)4/h5,7-8,13,18-21H,6,9-12,14H2,1-4H3/t18-,19+,20?,21-,23+/m0/s1. The van der Waals surface area contributed by atoms with E-state index in [0.717, 1.165) is 24.5 Å². The molecule has 0 spiro atoms. The van der Waals surface area contributed by atoms with Crippen LogP contribution in [0, 0.1) is 22.7 Å². The number of rotatable bonds is 2. The molecule has 4 nitrogen and oxygen atoms in total. The van der Waals surface area contributed by atoms with Crippen molar-refractivity contribution in [2.75, 3.05) is 6.61 Å². The van der Waals surface area contributed by atoms with Crippen LogP contribution in [0.2, 0.25) is 0 Å². The molecule has 2 saturated carbocycles. The Hall–Kier alpha value is -1.39. The minimum atomic E-state index is -0.376. The predicted molar refractivity (Wildman–Crippen MR) is 103 cm³/mol. The van der Waals surface area contributed by atoms with Gasteiger partial charge < -0.3 is 14.2 Å². The molecule has 0 aromatic heterocycles. The summed E-state index contributed by atoms with van der Waals surface area (Å²) in [5.41, 5.74) is 1.63. The molecule has 0 bridgehead atoms. The van der Waals surface area contributed by atoms with Crippen molar-refractivity contribution < 1.29 is 19.0 Å². The van der Waals surface area contributed by atoms with Crippen molar-refractivity contribution in [3.63, 3.8) is 0 Å². The van der Waals surface area contributed by atoms with Gasteiger partial charge in [0.25, 0.3) is 0 Å². The van der Waals surface area contributed by atoms with Gasteiger partial charge in [0.1, 0.15) is 5.75 Å². The Morgan fingerprint density at radius 1 is 1.19 bits per heavy atom. The summed E-state index contributed by atoms with van der Waals surface area (Å²) in [6, 6.07) is 7.50. The monoisotopic (exact) mass is 372 g/mol. The average molecular weight is 373 g/mol. The van der Waals surface area contributed by atoms with Crippen molar-refractivity contribution in [2.24, 2.45) is 22.7 Å². The molecular formula is C23H32O4. The molecule has 1 heterocycles. The van der Waals surface area contributed by atoms with Crippen molar-refractivity contribution in [1.29, 1.82) is 0 Å². The van der Waals surface area contributed by atoms with E-state index < -0.39 is 0 Å². The number of hydrogen-bond donors (Lipinski definition) is 0. The fraction of sp³-hybridized carbons (Fsp3) is 0.696. The van der Waals surface area contributed by atoms with Gasteiger partial charge in [-0.25, -0.2) is 0 Å². The maximum atomic E-state index is 11.2. The van der Waals surface area contributed by atoms with Gasteiger partial charge >= 0.3 is 5.97 Å². The van der Waals surface area contributed by atoms with E-state index in [0.29, 0.717) is 22.5 Å². The van der Waals surface area contributed by atoms with Crippen molar-refractivity contribution >= 4 is 5.97 Å². The minimum absolute atomic E-state index is 0.247. The fourth-order valence-corrected chi connectivity index (χ4v) is 6.20. The molecule has 1 aromatic carbocycles. The maximum absolute atomic E-state index is 11.2. The molecule has 0 N–H and O–H groups in total. The van der Waals surface area contributed by atoms with E-state index in [1.54, 1.807) is 6.07 Å². The second-order valence-corrected chi connectivity index (χ2v) is 9.59. The molecule has 1 unspecified atom stereocenters. The summed E-state index contributed by atoms with van der Waals surface area (Å²) in [7, 11) is 0. The van der Waals surface area contributed by atoms with Crippen LogP contribution in [0.25, 0.3) is 0 Å². The lowest BCUT2D eigenvalue weighted by atomic mass is 9.48. The Balaban J connectivity index is 1.51. The van der Waals surface area contributed by atoms with E-state index in [1.165, 1.54) is 32.6 Å². The van der Waals surface area contributed by atoms with Gasteiger partial charge in [-0.1, -0.05) is 39.3 Å². The van der Waals surface area contributed by atoms with Gasteiger partial charge in [0.2, 0.25) is 0 Å². The van der Waals surface area contributed by atoms with Crippen molar-refractivity contribution in [1.82, 2.24) is 0 Å². The molecule has 3 fully saturated rings. The third kappa shape index (κ3) is 3.42. The van der Waals surface area contributed by atoms with Crippen LogP contribution in [-0.2, 0) is 14.3 Å². The Bertz CT molecular complexity index is 712. The topological polar surface area (TPSA) is 44.8 Å². The van der Waals surface area contributed by atoms with Crippen molar-refractivity contribution in [2.45, 2.75) is 72.2 Å². The third-order valence-corrected chi connectivity index (χ3v) is 7.43. The number of fused-ring (bicyclic) bond motifs is 3. The SMILES string of the molecule is CC(=O)Oc1cccc([C@H]2OC[C@H]3[C@@H](CCC4C(C)(C)CCC[C@@]43C)O2)c1. The van der Waals surface area contributed by atoms with Crippen LogP contribution in [-0.4, -0.2) is 18.7 Å². The fourth-order valence-electron chi connectivity index (χ4n) is 6.20. The van der Waals surface area contributed by atoms with Crippen LogP contribution >= 0.6 is 0 Å². The normalized spacial score (nSPS) is 37.8. The second-order valence-electron chi connectivity index (χ2n) is 9.59. The smallest absolute Gasteiger partial charge is 0.308 e. The maximum Gasteiger partial charge on any atom is 0.308 e. The first-order valence-corrected chi connectivity index (χ1v) is 10.3. The number of ether oxygens (including phenoxy) is 3. The highest BCUT2D eigenvalue weighted by atomic mass is 16.7. The molecule has 0 amide bonds. The largest absolute Gasteiger partial charge is 0.427 e. The zero-order valence-corrected chi connectivity index (χ0v) is 17.0. The number of carbonyl (C=O) groups excluding carboxylic acids is 1. The summed E-state index contributed by atoms with van der Waals surface area (Å²) in [4.78, 5) is 11.2. The Morgan fingerprint density at radius 2 is 2.00 bits per heavy atom. The second kappa shape index (κ2) is 6.89. The molecule has 4 heteroatoms. The van der Waals surface area contributed by atoms with E-state index >= 15 is 0 Å². The highest BCUT2D eigenvalue weighted by Crippen LogP contribution is 2.61. The van der Waals surface area contributed by atoms with Crippen LogP contribution < -0.4 is 4.74 Å². The molecule has 4 rings (SSSR count). The molecule has 148 valence electrons. The lowest BCUT2D eigenvalue weighted by Crippen LogP contribution is -2.56. The van der Waals surface area contributed by atoms with Gasteiger partial charge in [0, 0.05) is 18.4 Å². The van der Waals surface area contributed by atoms with Crippen LogP contribution in [0.15, 0.2) is 24.3 Å². The van der Waals surface area contributed by atoms with E-state index in [9.17, 15) is 4.79 Å². The van der Waals surface area contributed by atoms with Gasteiger partial charge in [-0.2, -0.15) is 0 Å². The molecule has 27 heavy (non-hydrogen) atoms.